The summed E-state index contributed by atoms with van der Waals surface area (Å²) in [6.45, 7) is 1.88. The topological polar surface area (TPSA) is 62.1 Å². The second-order valence-corrected chi connectivity index (χ2v) is 8.04. The van der Waals surface area contributed by atoms with E-state index in [4.69, 9.17) is 27.9 Å². The zero-order valence-electron chi connectivity index (χ0n) is 17.3. The molecule has 0 spiro atoms. The van der Waals surface area contributed by atoms with Gasteiger partial charge in [0.25, 0.3) is 0 Å². The number of hydrogen-bond acceptors (Lipinski definition) is 3. The van der Waals surface area contributed by atoms with Crippen LogP contribution < -0.4 is 10.1 Å². The van der Waals surface area contributed by atoms with Gasteiger partial charge in [-0.3, -0.25) is 4.79 Å². The predicted octanol–water partition coefficient (Wildman–Crippen LogP) is 6.54. The van der Waals surface area contributed by atoms with Crippen molar-refractivity contribution in [3.63, 3.8) is 0 Å². The van der Waals surface area contributed by atoms with E-state index < -0.39 is 5.92 Å². The first-order valence-corrected chi connectivity index (χ1v) is 10.5. The normalized spacial score (nSPS) is 11.5. The fourth-order valence-corrected chi connectivity index (χ4v) is 3.70. The zero-order chi connectivity index (χ0) is 22.4. The molecule has 3 aromatic carbocycles. The Kier molecular flexibility index (Phi) is 7.57. The summed E-state index contributed by atoms with van der Waals surface area (Å²) in [4.78, 5) is 12.5. The Morgan fingerprint density at radius 3 is 2.39 bits per heavy atom. The molecule has 0 aromatic heterocycles. The summed E-state index contributed by atoms with van der Waals surface area (Å²) in [6.07, 6.45) is 0.963. The molecule has 3 rings (SSSR count). The Hall–Kier alpha value is -3.00. The Morgan fingerprint density at radius 1 is 1.10 bits per heavy atom. The molecule has 0 aliphatic rings. The number of ether oxygens (including phenoxy) is 1. The van der Waals surface area contributed by atoms with E-state index in [-0.39, 0.29) is 5.91 Å². The monoisotopic (exact) mass is 452 g/mol. The number of nitriles is 1. The smallest absolute Gasteiger partial charge is 0.224 e. The van der Waals surface area contributed by atoms with E-state index >= 15 is 0 Å². The summed E-state index contributed by atoms with van der Waals surface area (Å²) >= 11 is 12.5. The number of benzene rings is 3. The lowest BCUT2D eigenvalue weighted by Gasteiger charge is -2.16. The molecule has 0 bridgehead atoms. The van der Waals surface area contributed by atoms with Crippen molar-refractivity contribution >= 4 is 34.8 Å². The fourth-order valence-electron chi connectivity index (χ4n) is 3.30. The van der Waals surface area contributed by atoms with Crippen molar-refractivity contribution in [3.8, 4) is 11.8 Å². The molecule has 0 aliphatic heterocycles. The van der Waals surface area contributed by atoms with E-state index in [0.717, 1.165) is 22.4 Å². The van der Waals surface area contributed by atoms with Gasteiger partial charge in [-0.2, -0.15) is 5.26 Å². The molecule has 0 aliphatic carbocycles. The summed E-state index contributed by atoms with van der Waals surface area (Å²) in [5.74, 6) is 0.161. The maximum atomic E-state index is 12.5. The molecule has 0 saturated heterocycles. The Morgan fingerprint density at radius 2 is 1.77 bits per heavy atom. The van der Waals surface area contributed by atoms with E-state index in [0.29, 0.717) is 34.1 Å². The van der Waals surface area contributed by atoms with Crippen molar-refractivity contribution in [2.24, 2.45) is 0 Å². The molecule has 158 valence electrons. The summed E-state index contributed by atoms with van der Waals surface area (Å²) in [7, 11) is 1.62. The van der Waals surface area contributed by atoms with Gasteiger partial charge >= 0.3 is 0 Å². The minimum absolute atomic E-state index is 0.0998. The van der Waals surface area contributed by atoms with E-state index in [2.05, 4.69) is 11.4 Å². The molecular formula is C25H22Cl2N2O2. The average Bonchev–Trinajstić information content (AvgIpc) is 2.77. The van der Waals surface area contributed by atoms with E-state index in [9.17, 15) is 10.1 Å². The van der Waals surface area contributed by atoms with Crippen LogP contribution in [0, 0.1) is 18.3 Å². The van der Waals surface area contributed by atoms with Crippen LogP contribution in [0.1, 0.15) is 34.6 Å². The van der Waals surface area contributed by atoms with Crippen LogP contribution in [-0.4, -0.2) is 13.0 Å². The standard InChI is InChI=1S/C25H22Cl2N2O2/c1-16-13-21(22(15-28)18-6-8-19(26)9-7-18)23(27)14-24(16)29-25(30)12-5-17-3-10-20(31-2)11-4-17/h3-4,6-11,13-14,22H,5,12H2,1-2H3,(H,29,30). The highest BCUT2D eigenvalue weighted by Crippen LogP contribution is 2.34. The van der Waals surface area contributed by atoms with Crippen molar-refractivity contribution in [1.82, 2.24) is 0 Å². The van der Waals surface area contributed by atoms with Crippen molar-refractivity contribution < 1.29 is 9.53 Å². The molecule has 0 heterocycles. The molecule has 0 saturated carbocycles. The number of aryl methyl sites for hydroxylation is 2. The Labute approximate surface area is 192 Å². The van der Waals surface area contributed by atoms with E-state index in [1.165, 1.54) is 0 Å². The van der Waals surface area contributed by atoms with Crippen LogP contribution in [-0.2, 0) is 11.2 Å². The molecule has 1 unspecified atom stereocenters. The Bertz CT molecular complexity index is 1100. The summed E-state index contributed by atoms with van der Waals surface area (Å²) in [5.41, 5.74) is 4.04. The number of rotatable bonds is 7. The number of nitrogens with one attached hydrogen (secondary N) is 1. The third-order valence-corrected chi connectivity index (χ3v) is 5.64. The van der Waals surface area contributed by atoms with Gasteiger partial charge in [-0.25, -0.2) is 0 Å². The molecule has 1 atom stereocenters. The largest absolute Gasteiger partial charge is 0.497 e. The van der Waals surface area contributed by atoms with Crippen molar-refractivity contribution in [2.45, 2.75) is 25.7 Å². The third kappa shape index (κ3) is 5.79. The fraction of sp³-hybridized carbons (Fsp3) is 0.200. The van der Waals surface area contributed by atoms with Gasteiger partial charge in [0, 0.05) is 22.2 Å². The number of nitrogens with zero attached hydrogens (tertiary/aromatic N) is 1. The molecule has 3 aromatic rings. The molecule has 6 heteroatoms. The minimum Gasteiger partial charge on any atom is -0.497 e. The van der Waals surface area contributed by atoms with Crippen LogP contribution in [0.3, 0.4) is 0 Å². The predicted molar refractivity (Wildman–Crippen MR) is 125 cm³/mol. The highest BCUT2D eigenvalue weighted by atomic mass is 35.5. The molecular weight excluding hydrogens is 431 g/mol. The SMILES string of the molecule is COc1ccc(CCC(=O)Nc2cc(Cl)c(C(C#N)c3ccc(Cl)cc3)cc2C)cc1. The highest BCUT2D eigenvalue weighted by molar-refractivity contribution is 6.32. The van der Waals surface area contributed by atoms with Gasteiger partial charge in [0.2, 0.25) is 5.91 Å². The maximum absolute atomic E-state index is 12.5. The number of methoxy groups -OCH3 is 1. The summed E-state index contributed by atoms with van der Waals surface area (Å²) in [6, 6.07) is 20.6. The molecule has 1 N–H and O–H groups in total. The van der Waals surface area contributed by atoms with Gasteiger partial charge in [-0.15, -0.1) is 0 Å². The van der Waals surface area contributed by atoms with Crippen LogP contribution in [0.15, 0.2) is 60.7 Å². The number of hydrogen-bond donors (Lipinski definition) is 1. The first-order chi connectivity index (χ1) is 14.9. The first-order valence-electron chi connectivity index (χ1n) is 9.79. The Balaban J connectivity index is 1.71. The van der Waals surface area contributed by atoms with Crippen LogP contribution in [0.4, 0.5) is 5.69 Å². The average molecular weight is 453 g/mol. The quantitative estimate of drug-likeness (QED) is 0.442. The number of halogens is 2. The van der Waals surface area contributed by atoms with Crippen LogP contribution in [0.2, 0.25) is 10.0 Å². The number of carbonyl (C=O) groups is 1. The third-order valence-electron chi connectivity index (χ3n) is 5.06. The zero-order valence-corrected chi connectivity index (χ0v) is 18.8. The molecule has 0 fully saturated rings. The lowest BCUT2D eigenvalue weighted by molar-refractivity contribution is -0.116. The van der Waals surface area contributed by atoms with Gasteiger partial charge in [-0.1, -0.05) is 53.5 Å². The molecule has 0 radical (unpaired) electrons. The van der Waals surface area contributed by atoms with Gasteiger partial charge in [0.15, 0.2) is 0 Å². The second-order valence-electron chi connectivity index (χ2n) is 7.20. The second kappa shape index (κ2) is 10.3. The van der Waals surface area contributed by atoms with Crippen LogP contribution in [0.5, 0.6) is 5.75 Å². The van der Waals surface area contributed by atoms with Crippen molar-refractivity contribution in [3.05, 3.63) is 93.0 Å². The van der Waals surface area contributed by atoms with Crippen molar-refractivity contribution in [2.75, 3.05) is 12.4 Å². The number of amides is 1. The van der Waals surface area contributed by atoms with E-state index in [1.807, 2.05) is 49.4 Å². The summed E-state index contributed by atoms with van der Waals surface area (Å²) in [5, 5.41) is 13.7. The van der Waals surface area contributed by atoms with Gasteiger partial charge < -0.3 is 10.1 Å². The summed E-state index contributed by atoms with van der Waals surface area (Å²) < 4.78 is 5.15. The lowest BCUT2D eigenvalue weighted by atomic mass is 9.91. The van der Waals surface area contributed by atoms with Gasteiger partial charge in [-0.05, 0) is 65.9 Å². The van der Waals surface area contributed by atoms with Crippen LogP contribution >= 0.6 is 23.2 Å². The first kappa shape index (κ1) is 22.7. The van der Waals surface area contributed by atoms with E-state index in [1.54, 1.807) is 25.3 Å². The van der Waals surface area contributed by atoms with Gasteiger partial charge in [0.05, 0.1) is 19.1 Å². The number of carbonyl (C=O) groups excluding carboxylic acids is 1. The lowest BCUT2D eigenvalue weighted by Crippen LogP contribution is -2.13. The molecule has 4 nitrogen and oxygen atoms in total. The van der Waals surface area contributed by atoms with Crippen LogP contribution in [0.25, 0.3) is 0 Å². The number of anilines is 1. The minimum atomic E-state index is -0.525. The van der Waals surface area contributed by atoms with Crippen molar-refractivity contribution in [1.29, 1.82) is 5.26 Å². The molecule has 1 amide bonds. The van der Waals surface area contributed by atoms with Gasteiger partial charge in [0.1, 0.15) is 5.75 Å². The maximum Gasteiger partial charge on any atom is 0.224 e. The highest BCUT2D eigenvalue weighted by Gasteiger charge is 2.19. The molecule has 31 heavy (non-hydrogen) atoms.